The zero-order chi connectivity index (χ0) is 22.0. The van der Waals surface area contributed by atoms with Crippen LogP contribution in [0.5, 0.6) is 0 Å². The number of rotatable bonds is 6. The molecule has 2 aromatic heterocycles. The summed E-state index contributed by atoms with van der Waals surface area (Å²) in [4.78, 5) is 26.7. The fourth-order valence-corrected chi connectivity index (χ4v) is 5.25. The van der Waals surface area contributed by atoms with Crippen LogP contribution in [0.2, 0.25) is 0 Å². The summed E-state index contributed by atoms with van der Waals surface area (Å²) in [5.74, 6) is -0.0139. The van der Waals surface area contributed by atoms with Crippen molar-refractivity contribution in [1.29, 1.82) is 0 Å². The van der Waals surface area contributed by atoms with Crippen LogP contribution >= 0.6 is 11.3 Å². The molecule has 0 fully saturated rings. The van der Waals surface area contributed by atoms with Gasteiger partial charge in [0.15, 0.2) is 5.76 Å². The molecule has 0 saturated carbocycles. The molecule has 5 nitrogen and oxygen atoms in total. The van der Waals surface area contributed by atoms with Crippen LogP contribution in [0.4, 0.5) is 9.39 Å². The molecule has 1 N–H and O–H groups in total. The van der Waals surface area contributed by atoms with E-state index in [2.05, 4.69) is 12.2 Å². The van der Waals surface area contributed by atoms with Crippen molar-refractivity contribution in [3.63, 3.8) is 0 Å². The summed E-state index contributed by atoms with van der Waals surface area (Å²) < 4.78 is 24.1. The van der Waals surface area contributed by atoms with Gasteiger partial charge in [0, 0.05) is 10.4 Å². The normalized spacial score (nSPS) is 15.4. The summed E-state index contributed by atoms with van der Waals surface area (Å²) >= 11 is 1.45. The van der Waals surface area contributed by atoms with Crippen molar-refractivity contribution in [2.45, 2.75) is 39.5 Å². The summed E-state index contributed by atoms with van der Waals surface area (Å²) in [6.45, 7) is 4.21. The lowest BCUT2D eigenvalue weighted by molar-refractivity contribution is 0.0526. The van der Waals surface area contributed by atoms with E-state index in [0.717, 1.165) is 36.1 Å². The van der Waals surface area contributed by atoms with E-state index in [9.17, 15) is 14.0 Å². The van der Waals surface area contributed by atoms with Gasteiger partial charge in [-0.2, -0.15) is 0 Å². The van der Waals surface area contributed by atoms with Crippen LogP contribution in [0.15, 0.2) is 40.8 Å². The predicted octanol–water partition coefficient (Wildman–Crippen LogP) is 6.09. The van der Waals surface area contributed by atoms with Gasteiger partial charge in [0.2, 0.25) is 0 Å². The molecule has 1 aliphatic carbocycles. The topological polar surface area (TPSA) is 68.5 Å². The van der Waals surface area contributed by atoms with Crippen molar-refractivity contribution in [3.8, 4) is 11.3 Å². The quantitative estimate of drug-likeness (QED) is 0.470. The third-order valence-electron chi connectivity index (χ3n) is 5.61. The van der Waals surface area contributed by atoms with Gasteiger partial charge < -0.3 is 14.5 Å². The third kappa shape index (κ3) is 4.42. The Morgan fingerprint density at radius 2 is 1.97 bits per heavy atom. The molecular formula is C24H24FNO4S. The van der Waals surface area contributed by atoms with Gasteiger partial charge >= 0.3 is 5.97 Å². The summed E-state index contributed by atoms with van der Waals surface area (Å²) in [5.41, 5.74) is 2.13. The maximum absolute atomic E-state index is 13.1. The molecule has 1 unspecified atom stereocenters. The van der Waals surface area contributed by atoms with Crippen molar-refractivity contribution >= 4 is 28.2 Å². The maximum Gasteiger partial charge on any atom is 0.341 e. The minimum atomic E-state index is -0.440. The Hall–Kier alpha value is -2.93. The molecule has 1 aliphatic rings. The zero-order valence-corrected chi connectivity index (χ0v) is 18.3. The van der Waals surface area contributed by atoms with Gasteiger partial charge in [-0.3, -0.25) is 4.79 Å². The first kappa shape index (κ1) is 21.3. The number of hydrogen-bond donors (Lipinski definition) is 1. The van der Waals surface area contributed by atoms with Crippen LogP contribution < -0.4 is 5.32 Å². The van der Waals surface area contributed by atoms with E-state index in [4.69, 9.17) is 9.15 Å². The lowest BCUT2D eigenvalue weighted by Crippen LogP contribution is -2.17. The van der Waals surface area contributed by atoms with Crippen LogP contribution in [-0.2, 0) is 17.6 Å². The molecular weight excluding hydrogens is 417 g/mol. The molecule has 1 amide bonds. The fraction of sp³-hybridized carbons (Fsp3) is 0.333. The van der Waals surface area contributed by atoms with Crippen LogP contribution in [0.25, 0.3) is 11.3 Å². The average molecular weight is 442 g/mol. The van der Waals surface area contributed by atoms with E-state index < -0.39 is 11.9 Å². The number of fused-ring (bicyclic) bond motifs is 1. The van der Waals surface area contributed by atoms with Crippen LogP contribution in [0.1, 0.15) is 58.0 Å². The molecule has 7 heteroatoms. The highest BCUT2D eigenvalue weighted by Crippen LogP contribution is 2.41. The number of thiophene rings is 1. The summed E-state index contributed by atoms with van der Waals surface area (Å²) in [6.07, 6.45) is 3.84. The van der Waals surface area contributed by atoms with Crippen molar-refractivity contribution in [2.75, 3.05) is 11.9 Å². The fourth-order valence-electron chi connectivity index (χ4n) is 3.90. The zero-order valence-electron chi connectivity index (χ0n) is 17.5. The molecule has 0 bridgehead atoms. The Morgan fingerprint density at radius 3 is 2.68 bits per heavy atom. The Kier molecular flexibility index (Phi) is 6.23. The first-order chi connectivity index (χ1) is 15.0. The molecule has 1 atom stereocenters. The smallest absolute Gasteiger partial charge is 0.341 e. The van der Waals surface area contributed by atoms with Gasteiger partial charge in [-0.1, -0.05) is 13.3 Å². The van der Waals surface area contributed by atoms with Crippen LogP contribution in [0, 0.1) is 11.7 Å². The van der Waals surface area contributed by atoms with E-state index in [1.807, 2.05) is 0 Å². The van der Waals surface area contributed by atoms with Gasteiger partial charge in [-0.25, -0.2) is 9.18 Å². The minimum absolute atomic E-state index is 0.118. The molecule has 0 saturated heterocycles. The highest BCUT2D eigenvalue weighted by Gasteiger charge is 2.30. The summed E-state index contributed by atoms with van der Waals surface area (Å²) in [6, 6.07) is 9.09. The van der Waals surface area contributed by atoms with Crippen LogP contribution in [-0.4, -0.2) is 18.5 Å². The number of carbonyl (C=O) groups is 2. The first-order valence-corrected chi connectivity index (χ1v) is 11.3. The first-order valence-electron chi connectivity index (χ1n) is 10.5. The summed E-state index contributed by atoms with van der Waals surface area (Å²) in [7, 11) is 0. The Labute approximate surface area is 184 Å². The second-order valence-electron chi connectivity index (χ2n) is 7.57. The number of esters is 1. The summed E-state index contributed by atoms with van der Waals surface area (Å²) in [5, 5.41) is 3.36. The van der Waals surface area contributed by atoms with E-state index in [1.54, 1.807) is 31.2 Å². The third-order valence-corrected chi connectivity index (χ3v) is 6.78. The number of nitrogens with one attached hydrogen (secondary N) is 1. The monoisotopic (exact) mass is 441 g/mol. The largest absolute Gasteiger partial charge is 0.462 e. The van der Waals surface area contributed by atoms with E-state index >= 15 is 0 Å². The van der Waals surface area contributed by atoms with Crippen molar-refractivity contribution in [3.05, 3.63) is 64.0 Å². The van der Waals surface area contributed by atoms with Gasteiger partial charge in [0.1, 0.15) is 16.6 Å². The molecule has 0 aliphatic heterocycles. The molecule has 31 heavy (non-hydrogen) atoms. The Morgan fingerprint density at radius 1 is 1.19 bits per heavy atom. The number of carbonyl (C=O) groups excluding carboxylic acids is 2. The molecule has 1 aromatic carbocycles. The standard InChI is InChI=1S/C24H24FNO4S/c1-3-14-5-10-17-20(13-14)31-23(21(17)24(28)29-4-2)26-22(27)19-12-11-18(30-19)15-6-8-16(25)9-7-15/h6-9,11-12,14H,3-5,10,13H2,1-2H3,(H,26,27). The van der Waals surface area contributed by atoms with Crippen molar-refractivity contribution in [2.24, 2.45) is 5.92 Å². The predicted molar refractivity (Wildman–Crippen MR) is 118 cm³/mol. The molecule has 0 spiro atoms. The van der Waals surface area contributed by atoms with E-state index in [0.29, 0.717) is 27.8 Å². The number of anilines is 1. The second-order valence-corrected chi connectivity index (χ2v) is 8.68. The molecule has 4 rings (SSSR count). The maximum atomic E-state index is 13.1. The lowest BCUT2D eigenvalue weighted by Gasteiger charge is -2.20. The molecule has 3 aromatic rings. The minimum Gasteiger partial charge on any atom is -0.462 e. The van der Waals surface area contributed by atoms with Crippen LogP contribution in [0.3, 0.4) is 0 Å². The number of ether oxygens (including phenoxy) is 1. The Bertz CT molecular complexity index is 1100. The van der Waals surface area contributed by atoms with Crippen molar-refractivity contribution < 1.29 is 23.1 Å². The lowest BCUT2D eigenvalue weighted by atomic mass is 9.85. The average Bonchev–Trinajstić information content (AvgIpc) is 3.38. The number of hydrogen-bond acceptors (Lipinski definition) is 5. The van der Waals surface area contributed by atoms with E-state index in [-0.39, 0.29) is 18.2 Å². The number of halogens is 1. The van der Waals surface area contributed by atoms with Gasteiger partial charge in [-0.05, 0) is 74.1 Å². The number of amides is 1. The Balaban J connectivity index is 1.60. The van der Waals surface area contributed by atoms with Gasteiger partial charge in [0.25, 0.3) is 5.91 Å². The van der Waals surface area contributed by atoms with Crippen molar-refractivity contribution in [1.82, 2.24) is 0 Å². The number of furan rings is 1. The highest BCUT2D eigenvalue weighted by molar-refractivity contribution is 7.17. The van der Waals surface area contributed by atoms with Gasteiger partial charge in [-0.15, -0.1) is 11.3 Å². The SMILES string of the molecule is CCOC(=O)c1c(NC(=O)c2ccc(-c3ccc(F)cc3)o2)sc2c1CCC(CC)C2. The molecule has 2 heterocycles. The second kappa shape index (κ2) is 9.06. The van der Waals surface area contributed by atoms with E-state index in [1.165, 1.54) is 23.5 Å². The van der Waals surface area contributed by atoms with Gasteiger partial charge in [0.05, 0.1) is 12.2 Å². The molecule has 162 valence electrons. The highest BCUT2D eigenvalue weighted by atomic mass is 32.1. The molecule has 0 radical (unpaired) electrons. The number of benzene rings is 1.